The fraction of sp³-hybridized carbons (Fsp3) is 0.500. The Morgan fingerprint density at radius 3 is 2.47 bits per heavy atom. The molecule has 0 radical (unpaired) electrons. The van der Waals surface area contributed by atoms with Crippen LogP contribution in [0.3, 0.4) is 0 Å². The molecule has 0 aromatic heterocycles. The van der Waals surface area contributed by atoms with Gasteiger partial charge in [0, 0.05) is 12.2 Å². The van der Waals surface area contributed by atoms with E-state index in [4.69, 9.17) is 10.00 Å². The minimum atomic E-state index is -0.104. The van der Waals surface area contributed by atoms with Crippen molar-refractivity contribution in [2.75, 3.05) is 11.9 Å². The van der Waals surface area contributed by atoms with Crippen LogP contribution in [-0.4, -0.2) is 12.6 Å². The molecule has 1 saturated carbocycles. The van der Waals surface area contributed by atoms with Gasteiger partial charge in [-0.15, -0.1) is 0 Å². The predicted molar refractivity (Wildman–Crippen MR) is 68.0 cm³/mol. The van der Waals surface area contributed by atoms with E-state index < -0.39 is 0 Å². The number of nitrogens with one attached hydrogen (secondary N) is 1. The first-order valence-corrected chi connectivity index (χ1v) is 6.05. The zero-order chi connectivity index (χ0) is 12.3. The van der Waals surface area contributed by atoms with E-state index in [0.717, 1.165) is 30.8 Å². The van der Waals surface area contributed by atoms with Crippen LogP contribution in [0.1, 0.15) is 26.7 Å². The van der Waals surface area contributed by atoms with Gasteiger partial charge in [0.1, 0.15) is 5.75 Å². The van der Waals surface area contributed by atoms with Crippen LogP contribution in [0.2, 0.25) is 0 Å². The minimum absolute atomic E-state index is 0.104. The lowest BCUT2D eigenvalue weighted by molar-refractivity contribution is 0.242. The second-order valence-electron chi connectivity index (χ2n) is 4.94. The van der Waals surface area contributed by atoms with E-state index in [1.807, 2.05) is 38.1 Å². The molecule has 1 aromatic rings. The van der Waals surface area contributed by atoms with Crippen molar-refractivity contribution in [3.63, 3.8) is 0 Å². The van der Waals surface area contributed by atoms with Crippen molar-refractivity contribution in [3.05, 3.63) is 24.3 Å². The molecule has 1 N–H and O–H groups in total. The number of benzene rings is 1. The average molecular weight is 230 g/mol. The van der Waals surface area contributed by atoms with Gasteiger partial charge in [-0.05, 0) is 51.0 Å². The topological polar surface area (TPSA) is 45.0 Å². The summed E-state index contributed by atoms with van der Waals surface area (Å²) in [6.07, 6.45) is 2.23. The second kappa shape index (κ2) is 4.67. The average Bonchev–Trinajstić information content (AvgIpc) is 3.08. The summed E-state index contributed by atoms with van der Waals surface area (Å²) in [5.41, 5.74) is 0.940. The van der Waals surface area contributed by atoms with E-state index in [9.17, 15) is 0 Å². The van der Waals surface area contributed by atoms with Crippen LogP contribution in [0.25, 0.3) is 0 Å². The Hall–Kier alpha value is -1.69. The molecule has 0 atom stereocenters. The summed E-state index contributed by atoms with van der Waals surface area (Å²) in [5, 5.41) is 12.3. The molecule has 0 heterocycles. The van der Waals surface area contributed by atoms with E-state index in [1.165, 1.54) is 0 Å². The molecule has 0 spiro atoms. The Balaban J connectivity index is 1.88. The molecule has 0 aliphatic heterocycles. The largest absolute Gasteiger partial charge is 0.491 e. The Morgan fingerprint density at radius 1 is 1.35 bits per heavy atom. The van der Waals surface area contributed by atoms with Crippen molar-refractivity contribution in [1.29, 1.82) is 5.26 Å². The Bertz CT molecular complexity index is 413. The Labute approximate surface area is 102 Å². The van der Waals surface area contributed by atoms with Gasteiger partial charge < -0.3 is 10.1 Å². The fourth-order valence-electron chi connectivity index (χ4n) is 1.67. The predicted octanol–water partition coefficient (Wildman–Crippen LogP) is 3.19. The van der Waals surface area contributed by atoms with Crippen LogP contribution >= 0.6 is 0 Å². The molecule has 0 bridgehead atoms. The Morgan fingerprint density at radius 2 is 2.00 bits per heavy atom. The fourth-order valence-corrected chi connectivity index (χ4v) is 1.67. The molecule has 3 heteroatoms. The van der Waals surface area contributed by atoms with Crippen molar-refractivity contribution < 1.29 is 4.74 Å². The van der Waals surface area contributed by atoms with E-state index in [0.29, 0.717) is 0 Å². The highest BCUT2D eigenvalue weighted by Gasteiger charge is 2.42. The van der Waals surface area contributed by atoms with Gasteiger partial charge in [0.2, 0.25) is 0 Å². The van der Waals surface area contributed by atoms with Gasteiger partial charge in [0.05, 0.1) is 17.6 Å². The van der Waals surface area contributed by atoms with Crippen LogP contribution in [0.5, 0.6) is 5.75 Å². The minimum Gasteiger partial charge on any atom is -0.491 e. The first kappa shape index (κ1) is 11.8. The maximum atomic E-state index is 8.97. The SMILES string of the molecule is CC(C)Oc1ccc(NCC2(C#N)CC2)cc1. The molecule has 2 rings (SSSR count). The number of ether oxygens (including phenoxy) is 1. The number of hydrogen-bond acceptors (Lipinski definition) is 3. The lowest BCUT2D eigenvalue weighted by atomic mass is 10.1. The first-order chi connectivity index (χ1) is 8.13. The molecule has 3 nitrogen and oxygen atoms in total. The normalized spacial score (nSPS) is 16.4. The maximum absolute atomic E-state index is 8.97. The lowest BCUT2D eigenvalue weighted by Crippen LogP contribution is -2.13. The zero-order valence-electron chi connectivity index (χ0n) is 10.4. The molecule has 1 aliphatic rings. The Kier molecular flexibility index (Phi) is 3.23. The first-order valence-electron chi connectivity index (χ1n) is 6.05. The van der Waals surface area contributed by atoms with Gasteiger partial charge >= 0.3 is 0 Å². The number of nitriles is 1. The van der Waals surface area contributed by atoms with E-state index in [-0.39, 0.29) is 11.5 Å². The quantitative estimate of drug-likeness (QED) is 0.844. The van der Waals surface area contributed by atoms with Gasteiger partial charge in [0.25, 0.3) is 0 Å². The lowest BCUT2D eigenvalue weighted by Gasteiger charge is -2.12. The molecule has 0 saturated heterocycles. The third-order valence-corrected chi connectivity index (χ3v) is 2.95. The maximum Gasteiger partial charge on any atom is 0.119 e. The molecule has 17 heavy (non-hydrogen) atoms. The third kappa shape index (κ3) is 3.13. The zero-order valence-corrected chi connectivity index (χ0v) is 10.4. The van der Waals surface area contributed by atoms with Crippen molar-refractivity contribution >= 4 is 5.69 Å². The van der Waals surface area contributed by atoms with Gasteiger partial charge in [-0.3, -0.25) is 0 Å². The van der Waals surface area contributed by atoms with Crippen molar-refractivity contribution in [3.8, 4) is 11.8 Å². The summed E-state index contributed by atoms with van der Waals surface area (Å²) in [4.78, 5) is 0. The highest BCUT2D eigenvalue weighted by molar-refractivity contribution is 5.47. The molecular formula is C14H18N2O. The summed E-state index contributed by atoms with van der Waals surface area (Å²) in [6.45, 7) is 4.76. The van der Waals surface area contributed by atoms with Crippen LogP contribution in [0.15, 0.2) is 24.3 Å². The molecule has 1 fully saturated rings. The van der Waals surface area contributed by atoms with Gasteiger partial charge in [-0.2, -0.15) is 5.26 Å². The van der Waals surface area contributed by atoms with E-state index in [1.54, 1.807) is 0 Å². The highest BCUT2D eigenvalue weighted by atomic mass is 16.5. The standard InChI is InChI=1S/C14H18N2O/c1-11(2)17-13-5-3-12(4-6-13)16-10-14(9-15)7-8-14/h3-6,11,16H,7-8,10H2,1-2H3. The molecule has 0 unspecified atom stereocenters. The van der Waals surface area contributed by atoms with Crippen molar-refractivity contribution in [1.82, 2.24) is 0 Å². The molecule has 1 aliphatic carbocycles. The molecule has 90 valence electrons. The summed E-state index contributed by atoms with van der Waals surface area (Å²) in [5.74, 6) is 0.881. The number of anilines is 1. The second-order valence-corrected chi connectivity index (χ2v) is 4.94. The summed E-state index contributed by atoms with van der Waals surface area (Å²) >= 11 is 0. The monoisotopic (exact) mass is 230 g/mol. The van der Waals surface area contributed by atoms with Gasteiger partial charge in [-0.1, -0.05) is 0 Å². The summed E-state index contributed by atoms with van der Waals surface area (Å²) in [6, 6.07) is 10.3. The highest BCUT2D eigenvalue weighted by Crippen LogP contribution is 2.44. The summed E-state index contributed by atoms with van der Waals surface area (Å²) in [7, 11) is 0. The van der Waals surface area contributed by atoms with E-state index in [2.05, 4.69) is 11.4 Å². The molecular weight excluding hydrogens is 212 g/mol. The number of rotatable bonds is 5. The van der Waals surface area contributed by atoms with Gasteiger partial charge in [-0.25, -0.2) is 0 Å². The van der Waals surface area contributed by atoms with Crippen LogP contribution in [-0.2, 0) is 0 Å². The molecule has 1 aromatic carbocycles. The third-order valence-electron chi connectivity index (χ3n) is 2.95. The van der Waals surface area contributed by atoms with Crippen LogP contribution < -0.4 is 10.1 Å². The number of hydrogen-bond donors (Lipinski definition) is 1. The smallest absolute Gasteiger partial charge is 0.119 e. The van der Waals surface area contributed by atoms with Crippen molar-refractivity contribution in [2.24, 2.45) is 5.41 Å². The molecule has 0 amide bonds. The van der Waals surface area contributed by atoms with E-state index >= 15 is 0 Å². The van der Waals surface area contributed by atoms with Crippen molar-refractivity contribution in [2.45, 2.75) is 32.8 Å². The number of nitrogens with zero attached hydrogens (tertiary/aromatic N) is 1. The summed E-state index contributed by atoms with van der Waals surface area (Å²) < 4.78 is 5.57. The van der Waals surface area contributed by atoms with Crippen LogP contribution in [0, 0.1) is 16.7 Å². The van der Waals surface area contributed by atoms with Crippen LogP contribution in [0.4, 0.5) is 5.69 Å². The van der Waals surface area contributed by atoms with Gasteiger partial charge in [0.15, 0.2) is 0 Å².